The quantitative estimate of drug-likeness (QED) is 0.723. The summed E-state index contributed by atoms with van der Waals surface area (Å²) in [5.74, 6) is -0.0573. The van der Waals surface area contributed by atoms with Gasteiger partial charge in [0.1, 0.15) is 0 Å². The molecule has 2 aromatic rings. The summed E-state index contributed by atoms with van der Waals surface area (Å²) in [6.45, 7) is 6.64. The van der Waals surface area contributed by atoms with Gasteiger partial charge in [-0.15, -0.1) is 0 Å². The zero-order chi connectivity index (χ0) is 18.4. The molecule has 5 heteroatoms. The fourth-order valence-electron chi connectivity index (χ4n) is 2.53. The highest BCUT2D eigenvalue weighted by molar-refractivity contribution is 5.98. The molecule has 2 aromatic carbocycles. The summed E-state index contributed by atoms with van der Waals surface area (Å²) in [4.78, 5) is 24.4. The van der Waals surface area contributed by atoms with Gasteiger partial charge < -0.3 is 16.4 Å². The molecule has 2 rings (SSSR count). The van der Waals surface area contributed by atoms with Gasteiger partial charge in [-0.05, 0) is 35.7 Å². The number of hydrogen-bond acceptors (Lipinski definition) is 3. The molecule has 0 aliphatic heterocycles. The van der Waals surface area contributed by atoms with Gasteiger partial charge in [-0.3, -0.25) is 9.59 Å². The zero-order valence-corrected chi connectivity index (χ0v) is 15.1. The van der Waals surface area contributed by atoms with E-state index in [0.717, 1.165) is 10.8 Å². The molecule has 25 heavy (non-hydrogen) atoms. The van der Waals surface area contributed by atoms with Crippen molar-refractivity contribution in [3.8, 4) is 0 Å². The lowest BCUT2D eigenvalue weighted by Crippen LogP contribution is -2.55. The lowest BCUT2D eigenvalue weighted by molar-refractivity contribution is -0.123. The molecular weight excluding hydrogens is 314 g/mol. The van der Waals surface area contributed by atoms with Crippen LogP contribution >= 0.6 is 0 Å². The van der Waals surface area contributed by atoms with Crippen LogP contribution in [0, 0.1) is 5.92 Å². The van der Waals surface area contributed by atoms with Crippen LogP contribution in [0.15, 0.2) is 42.5 Å². The van der Waals surface area contributed by atoms with E-state index in [4.69, 9.17) is 5.73 Å². The van der Waals surface area contributed by atoms with Crippen molar-refractivity contribution < 1.29 is 9.59 Å². The Labute approximate surface area is 149 Å². The first-order valence-corrected chi connectivity index (χ1v) is 8.64. The molecule has 1 atom stereocenters. The molecule has 0 radical (unpaired) electrons. The van der Waals surface area contributed by atoms with Crippen molar-refractivity contribution >= 4 is 22.6 Å². The summed E-state index contributed by atoms with van der Waals surface area (Å²) in [5, 5.41) is 7.87. The van der Waals surface area contributed by atoms with E-state index in [2.05, 4.69) is 10.6 Å². The summed E-state index contributed by atoms with van der Waals surface area (Å²) in [6, 6.07) is 13.5. The Kier molecular flexibility index (Phi) is 6.15. The molecule has 2 amide bonds. The molecule has 0 aliphatic carbocycles. The van der Waals surface area contributed by atoms with Crippen LogP contribution in [0.25, 0.3) is 10.8 Å². The minimum Gasteiger partial charge on any atom is -0.352 e. The van der Waals surface area contributed by atoms with Gasteiger partial charge in [-0.2, -0.15) is 0 Å². The molecule has 5 nitrogen and oxygen atoms in total. The van der Waals surface area contributed by atoms with Gasteiger partial charge in [-0.1, -0.05) is 44.2 Å². The maximum atomic E-state index is 12.3. The summed E-state index contributed by atoms with van der Waals surface area (Å²) in [7, 11) is 0. The Balaban J connectivity index is 1.88. The molecular formula is C20H27N3O2. The lowest BCUT2D eigenvalue weighted by Gasteiger charge is -2.33. The van der Waals surface area contributed by atoms with Crippen LogP contribution in [-0.4, -0.2) is 30.4 Å². The van der Waals surface area contributed by atoms with Crippen LogP contribution < -0.4 is 16.4 Å². The number of amides is 2. The molecule has 0 saturated carbocycles. The topological polar surface area (TPSA) is 84.2 Å². The van der Waals surface area contributed by atoms with Crippen molar-refractivity contribution in [2.24, 2.45) is 11.7 Å². The summed E-state index contributed by atoms with van der Waals surface area (Å²) >= 11 is 0. The van der Waals surface area contributed by atoms with Gasteiger partial charge in [-0.25, -0.2) is 0 Å². The van der Waals surface area contributed by atoms with E-state index in [9.17, 15) is 9.59 Å². The third-order valence-corrected chi connectivity index (χ3v) is 4.77. The second-order valence-electron chi connectivity index (χ2n) is 6.89. The number of hydrogen-bond donors (Lipinski definition) is 3. The van der Waals surface area contributed by atoms with Crippen molar-refractivity contribution in [2.45, 2.75) is 32.7 Å². The Hall–Kier alpha value is -2.40. The Bertz CT molecular complexity index is 757. The fourth-order valence-corrected chi connectivity index (χ4v) is 2.53. The number of benzene rings is 2. The van der Waals surface area contributed by atoms with E-state index in [1.807, 2.05) is 57.2 Å². The minimum atomic E-state index is -0.431. The zero-order valence-electron chi connectivity index (χ0n) is 15.1. The van der Waals surface area contributed by atoms with E-state index in [0.29, 0.717) is 12.1 Å². The first-order chi connectivity index (χ1) is 11.9. The Morgan fingerprint density at radius 2 is 1.80 bits per heavy atom. The maximum Gasteiger partial charge on any atom is 0.251 e. The van der Waals surface area contributed by atoms with Gasteiger partial charge in [0.05, 0.1) is 5.54 Å². The highest BCUT2D eigenvalue weighted by Crippen LogP contribution is 2.16. The number of fused-ring (bicyclic) bond motifs is 1. The van der Waals surface area contributed by atoms with Gasteiger partial charge in [0.25, 0.3) is 5.91 Å². The third-order valence-electron chi connectivity index (χ3n) is 4.77. The van der Waals surface area contributed by atoms with Gasteiger partial charge >= 0.3 is 0 Å². The highest BCUT2D eigenvalue weighted by Gasteiger charge is 2.28. The molecule has 0 aromatic heterocycles. The second-order valence-corrected chi connectivity index (χ2v) is 6.89. The van der Waals surface area contributed by atoms with Crippen LogP contribution in [-0.2, 0) is 4.79 Å². The molecule has 0 spiro atoms. The summed E-state index contributed by atoms with van der Waals surface area (Å²) in [5.41, 5.74) is 5.93. The summed E-state index contributed by atoms with van der Waals surface area (Å²) < 4.78 is 0. The number of carbonyl (C=O) groups excluding carboxylic acids is 2. The van der Waals surface area contributed by atoms with Crippen LogP contribution in [0.3, 0.4) is 0 Å². The molecule has 0 heterocycles. The van der Waals surface area contributed by atoms with Crippen LogP contribution in [0.2, 0.25) is 0 Å². The smallest absolute Gasteiger partial charge is 0.251 e. The lowest BCUT2D eigenvalue weighted by atomic mass is 9.88. The van der Waals surface area contributed by atoms with E-state index in [1.165, 1.54) is 0 Å². The number of carbonyl (C=O) groups is 2. The fraction of sp³-hybridized carbons (Fsp3) is 0.400. The Morgan fingerprint density at radius 3 is 2.44 bits per heavy atom. The number of nitrogens with one attached hydrogen (secondary N) is 2. The third kappa shape index (κ3) is 4.79. The summed E-state index contributed by atoms with van der Waals surface area (Å²) in [6.07, 6.45) is 0.224. The standard InChI is InChI=1S/C20H27N3O2/c1-14(2)20(3,13-21)23-18(24)10-11-22-19(25)17-9-8-15-6-4-5-7-16(15)12-17/h4-9,12,14H,10-11,13,21H2,1-3H3,(H,22,25)(H,23,24). The van der Waals surface area contributed by atoms with Crippen LogP contribution in [0.4, 0.5) is 0 Å². The van der Waals surface area contributed by atoms with Crippen molar-refractivity contribution in [3.63, 3.8) is 0 Å². The second kappa shape index (κ2) is 8.12. The molecule has 0 bridgehead atoms. The van der Waals surface area contributed by atoms with Crippen molar-refractivity contribution in [1.82, 2.24) is 10.6 Å². The predicted octanol–water partition coefficient (Wildman–Crippen LogP) is 2.45. The van der Waals surface area contributed by atoms with Gasteiger partial charge in [0.15, 0.2) is 0 Å². The van der Waals surface area contributed by atoms with Crippen molar-refractivity contribution in [1.29, 1.82) is 0 Å². The largest absolute Gasteiger partial charge is 0.352 e. The Morgan fingerprint density at radius 1 is 1.12 bits per heavy atom. The molecule has 0 saturated heterocycles. The molecule has 1 unspecified atom stereocenters. The average molecular weight is 341 g/mol. The van der Waals surface area contributed by atoms with Crippen LogP contribution in [0.1, 0.15) is 37.6 Å². The molecule has 0 aliphatic rings. The SMILES string of the molecule is CC(C)C(C)(CN)NC(=O)CCNC(=O)c1ccc2ccccc2c1. The van der Waals surface area contributed by atoms with Crippen LogP contribution in [0.5, 0.6) is 0 Å². The first-order valence-electron chi connectivity index (χ1n) is 8.64. The van der Waals surface area contributed by atoms with E-state index >= 15 is 0 Å². The molecule has 134 valence electrons. The minimum absolute atomic E-state index is 0.111. The van der Waals surface area contributed by atoms with E-state index in [1.54, 1.807) is 6.07 Å². The monoisotopic (exact) mass is 341 g/mol. The average Bonchev–Trinajstić information content (AvgIpc) is 2.60. The maximum absolute atomic E-state index is 12.3. The van der Waals surface area contributed by atoms with E-state index in [-0.39, 0.29) is 30.7 Å². The normalized spacial score (nSPS) is 13.5. The van der Waals surface area contributed by atoms with Gasteiger partial charge in [0, 0.05) is 25.1 Å². The molecule has 0 fully saturated rings. The van der Waals surface area contributed by atoms with Crippen molar-refractivity contribution in [3.05, 3.63) is 48.0 Å². The molecule has 4 N–H and O–H groups in total. The van der Waals surface area contributed by atoms with Crippen molar-refractivity contribution in [2.75, 3.05) is 13.1 Å². The van der Waals surface area contributed by atoms with E-state index < -0.39 is 5.54 Å². The first kappa shape index (κ1) is 18.9. The van der Waals surface area contributed by atoms with Gasteiger partial charge in [0.2, 0.25) is 5.91 Å². The number of nitrogens with two attached hydrogens (primary N) is 1. The highest BCUT2D eigenvalue weighted by atomic mass is 16.2. The predicted molar refractivity (Wildman–Crippen MR) is 101 cm³/mol. The number of rotatable bonds is 7.